The van der Waals surface area contributed by atoms with Gasteiger partial charge in [-0.3, -0.25) is 9.78 Å². The Labute approximate surface area is 204 Å². The van der Waals surface area contributed by atoms with E-state index in [0.29, 0.717) is 36.3 Å². The Morgan fingerprint density at radius 2 is 2.03 bits per heavy atom. The van der Waals surface area contributed by atoms with Crippen molar-refractivity contribution in [2.75, 3.05) is 19.0 Å². The number of rotatable bonds is 10. The normalized spacial score (nSPS) is 16.5. The summed E-state index contributed by atoms with van der Waals surface area (Å²) in [6, 6.07) is 6.78. The number of aromatic nitrogens is 1. The van der Waals surface area contributed by atoms with E-state index in [1.807, 2.05) is 0 Å². The molecule has 10 heteroatoms. The number of hydrogen-bond acceptors (Lipinski definition) is 7. The molecule has 0 saturated carbocycles. The van der Waals surface area contributed by atoms with Gasteiger partial charge in [0.05, 0.1) is 17.7 Å². The maximum Gasteiger partial charge on any atom is 0.416 e. The van der Waals surface area contributed by atoms with Crippen LogP contribution in [0.25, 0.3) is 10.9 Å². The van der Waals surface area contributed by atoms with E-state index in [1.165, 1.54) is 24.6 Å². The molecule has 6 nitrogen and oxygen atoms in total. The van der Waals surface area contributed by atoms with Gasteiger partial charge in [-0.15, -0.1) is 11.8 Å². The van der Waals surface area contributed by atoms with Gasteiger partial charge >= 0.3 is 6.18 Å². The number of nitrogens with zero attached hydrogens (tertiary/aromatic N) is 1. The standard InChI is InChI=1S/C25H26F3NO5S/c26-25(27,28)17-6-7-19-20(13-17)29-9-8-23(19)35-12-4-3-10-31-22-16-33-18(14-21(22)30)15-34-24-5-1-2-11-32-24/h6-9,13-14,16,24H,1-5,10-12,15H2. The van der Waals surface area contributed by atoms with E-state index in [1.54, 1.807) is 17.8 Å². The summed E-state index contributed by atoms with van der Waals surface area (Å²) < 4.78 is 60.9. The van der Waals surface area contributed by atoms with Gasteiger partial charge in [-0.05, 0) is 56.1 Å². The Kier molecular flexibility index (Phi) is 8.69. The lowest BCUT2D eigenvalue weighted by atomic mass is 10.1. The zero-order valence-corrected chi connectivity index (χ0v) is 19.8. The molecule has 0 amide bonds. The topological polar surface area (TPSA) is 70.8 Å². The first-order valence-electron chi connectivity index (χ1n) is 11.5. The highest BCUT2D eigenvalue weighted by atomic mass is 32.2. The van der Waals surface area contributed by atoms with Gasteiger partial charge in [0, 0.05) is 29.2 Å². The van der Waals surface area contributed by atoms with Crippen molar-refractivity contribution >= 4 is 22.7 Å². The summed E-state index contributed by atoms with van der Waals surface area (Å²) in [5.41, 5.74) is -0.657. The summed E-state index contributed by atoms with van der Waals surface area (Å²) in [6.07, 6.45) is 2.60. The number of pyridine rings is 1. The highest BCUT2D eigenvalue weighted by Crippen LogP contribution is 2.33. The molecule has 0 aliphatic carbocycles. The lowest BCUT2D eigenvalue weighted by Crippen LogP contribution is -2.22. The fraction of sp³-hybridized carbons (Fsp3) is 0.440. The third-order valence-corrected chi connectivity index (χ3v) is 6.65. The molecule has 1 unspecified atom stereocenters. The number of unbranched alkanes of at least 4 members (excludes halogenated alkanes) is 1. The number of halogens is 3. The van der Waals surface area contributed by atoms with Crippen LogP contribution in [0.1, 0.15) is 43.4 Å². The highest BCUT2D eigenvalue weighted by molar-refractivity contribution is 7.99. The predicted molar refractivity (Wildman–Crippen MR) is 126 cm³/mol. The lowest BCUT2D eigenvalue weighted by Gasteiger charge is -2.22. The molecule has 0 bridgehead atoms. The number of alkyl halides is 3. The summed E-state index contributed by atoms with van der Waals surface area (Å²) in [5, 5.41) is 0.693. The second-order valence-corrected chi connectivity index (χ2v) is 9.26. The first-order valence-corrected chi connectivity index (χ1v) is 12.5. The molecular formula is C25H26F3NO5S. The minimum Gasteiger partial charge on any atom is -0.487 e. The van der Waals surface area contributed by atoms with Crippen molar-refractivity contribution in [2.24, 2.45) is 0 Å². The summed E-state index contributed by atoms with van der Waals surface area (Å²) >= 11 is 1.55. The van der Waals surface area contributed by atoms with Crippen LogP contribution in [0.4, 0.5) is 13.2 Å². The molecule has 0 spiro atoms. The maximum atomic E-state index is 12.9. The Morgan fingerprint density at radius 1 is 1.14 bits per heavy atom. The molecule has 1 saturated heterocycles. The SMILES string of the molecule is O=c1cc(COC2CCCCO2)occ1OCCCCSc1ccnc2cc(C(F)(F)F)ccc12. The fourth-order valence-corrected chi connectivity index (χ4v) is 4.68. The van der Waals surface area contributed by atoms with Gasteiger partial charge in [0.2, 0.25) is 11.2 Å². The van der Waals surface area contributed by atoms with Gasteiger partial charge in [0.1, 0.15) is 18.6 Å². The summed E-state index contributed by atoms with van der Waals surface area (Å²) in [7, 11) is 0. The molecule has 0 N–H and O–H groups in total. The van der Waals surface area contributed by atoms with Gasteiger partial charge < -0.3 is 18.6 Å². The average molecular weight is 510 g/mol. The van der Waals surface area contributed by atoms with E-state index < -0.39 is 11.7 Å². The van der Waals surface area contributed by atoms with Crippen LogP contribution in [-0.2, 0) is 22.3 Å². The molecule has 1 fully saturated rings. The molecule has 1 atom stereocenters. The third kappa shape index (κ3) is 7.22. The van der Waals surface area contributed by atoms with Crippen LogP contribution < -0.4 is 10.2 Å². The first kappa shape index (κ1) is 25.5. The number of hydrogen-bond donors (Lipinski definition) is 0. The smallest absolute Gasteiger partial charge is 0.416 e. The van der Waals surface area contributed by atoms with E-state index in [9.17, 15) is 18.0 Å². The van der Waals surface area contributed by atoms with Crippen molar-refractivity contribution in [3.63, 3.8) is 0 Å². The van der Waals surface area contributed by atoms with E-state index in [-0.39, 0.29) is 24.1 Å². The van der Waals surface area contributed by atoms with Gasteiger partial charge in [-0.1, -0.05) is 6.07 Å². The minimum absolute atomic E-state index is 0.149. The van der Waals surface area contributed by atoms with Crippen LogP contribution >= 0.6 is 11.8 Å². The maximum absolute atomic E-state index is 12.9. The molecule has 188 valence electrons. The Bertz CT molecular complexity index is 1180. The van der Waals surface area contributed by atoms with E-state index in [0.717, 1.165) is 48.5 Å². The number of benzene rings is 1. The van der Waals surface area contributed by atoms with Crippen LogP contribution in [0.5, 0.6) is 5.75 Å². The third-order valence-electron chi connectivity index (χ3n) is 5.49. The molecule has 3 aromatic rings. The van der Waals surface area contributed by atoms with E-state index >= 15 is 0 Å². The quantitative estimate of drug-likeness (QED) is 0.238. The predicted octanol–water partition coefficient (Wildman–Crippen LogP) is 6.20. The van der Waals surface area contributed by atoms with Gasteiger partial charge in [0.15, 0.2) is 6.29 Å². The molecule has 3 heterocycles. The molecule has 1 aromatic carbocycles. The molecule has 2 aromatic heterocycles. The van der Waals surface area contributed by atoms with Gasteiger partial charge in [-0.2, -0.15) is 13.2 Å². The number of ether oxygens (including phenoxy) is 3. The lowest BCUT2D eigenvalue weighted by molar-refractivity contribution is -0.171. The summed E-state index contributed by atoms with van der Waals surface area (Å²) in [5.74, 6) is 1.31. The highest BCUT2D eigenvalue weighted by Gasteiger charge is 2.30. The Balaban J connectivity index is 1.20. The number of thioether (sulfide) groups is 1. The zero-order valence-electron chi connectivity index (χ0n) is 19.0. The summed E-state index contributed by atoms with van der Waals surface area (Å²) in [6.45, 7) is 1.20. The second-order valence-electron chi connectivity index (χ2n) is 8.12. The molecule has 35 heavy (non-hydrogen) atoms. The second kappa shape index (κ2) is 11.9. The van der Waals surface area contributed by atoms with Crippen LogP contribution in [0.2, 0.25) is 0 Å². The van der Waals surface area contributed by atoms with E-state index in [4.69, 9.17) is 18.6 Å². The molecule has 4 rings (SSSR count). The van der Waals surface area contributed by atoms with Crippen molar-refractivity contribution in [1.29, 1.82) is 0 Å². The molecule has 1 aliphatic heterocycles. The molecular weight excluding hydrogens is 483 g/mol. The Hall–Kier alpha value is -2.56. The first-order chi connectivity index (χ1) is 16.9. The Morgan fingerprint density at radius 3 is 2.80 bits per heavy atom. The monoisotopic (exact) mass is 509 g/mol. The van der Waals surface area contributed by atoms with Crippen LogP contribution in [0.3, 0.4) is 0 Å². The summed E-state index contributed by atoms with van der Waals surface area (Å²) in [4.78, 5) is 17.2. The average Bonchev–Trinajstić information content (AvgIpc) is 2.85. The van der Waals surface area contributed by atoms with E-state index in [2.05, 4.69) is 4.98 Å². The van der Waals surface area contributed by atoms with Crippen LogP contribution in [0.15, 0.2) is 56.9 Å². The molecule has 1 aliphatic rings. The van der Waals surface area contributed by atoms with Gasteiger partial charge in [0.25, 0.3) is 0 Å². The van der Waals surface area contributed by atoms with Crippen molar-refractivity contribution in [3.05, 3.63) is 64.3 Å². The van der Waals surface area contributed by atoms with Crippen molar-refractivity contribution in [3.8, 4) is 5.75 Å². The van der Waals surface area contributed by atoms with Crippen LogP contribution in [-0.4, -0.2) is 30.2 Å². The molecule has 0 radical (unpaired) electrons. The van der Waals surface area contributed by atoms with Crippen molar-refractivity contribution in [1.82, 2.24) is 4.98 Å². The number of fused-ring (bicyclic) bond motifs is 1. The fourth-order valence-electron chi connectivity index (χ4n) is 3.63. The van der Waals surface area contributed by atoms with Crippen LogP contribution in [0, 0.1) is 0 Å². The van der Waals surface area contributed by atoms with Crippen molar-refractivity contribution in [2.45, 2.75) is 56.1 Å². The minimum atomic E-state index is -4.39. The van der Waals surface area contributed by atoms with Crippen molar-refractivity contribution < 1.29 is 31.8 Å². The zero-order chi connectivity index (χ0) is 24.7. The largest absolute Gasteiger partial charge is 0.487 e. The van der Waals surface area contributed by atoms with Gasteiger partial charge in [-0.25, -0.2) is 0 Å².